The van der Waals surface area contributed by atoms with E-state index < -0.39 is 0 Å². The third kappa shape index (κ3) is 3.14. The normalized spacial score (nSPS) is 14.3. The third-order valence-corrected chi connectivity index (χ3v) is 2.81. The summed E-state index contributed by atoms with van der Waals surface area (Å²) in [7, 11) is 0. The van der Waals surface area contributed by atoms with Crippen molar-refractivity contribution in [2.75, 3.05) is 11.9 Å². The molecule has 0 bridgehead atoms. The van der Waals surface area contributed by atoms with Crippen LogP contribution >= 0.6 is 0 Å². The summed E-state index contributed by atoms with van der Waals surface area (Å²) in [6.07, 6.45) is 6.95. The first-order chi connectivity index (χ1) is 9.31. The summed E-state index contributed by atoms with van der Waals surface area (Å²) in [5, 5.41) is 9.92. The summed E-state index contributed by atoms with van der Waals surface area (Å²) in [6.45, 7) is 0.343. The molecule has 1 aliphatic carbocycles. The highest BCUT2D eigenvalue weighted by atomic mass is 16.1. The summed E-state index contributed by atoms with van der Waals surface area (Å²) in [6, 6.07) is 4.09. The number of nitrogens with one attached hydrogen (secondary N) is 2. The first-order valence-corrected chi connectivity index (χ1v) is 6.15. The maximum absolute atomic E-state index is 11.6. The van der Waals surface area contributed by atoms with Crippen molar-refractivity contribution in [2.24, 2.45) is 0 Å². The molecule has 0 saturated heterocycles. The summed E-state index contributed by atoms with van der Waals surface area (Å²) in [4.78, 5) is 19.7. The van der Waals surface area contributed by atoms with Gasteiger partial charge < -0.3 is 10.6 Å². The van der Waals surface area contributed by atoms with Crippen molar-refractivity contribution in [1.29, 1.82) is 0 Å². The molecule has 98 valence electrons. The molecule has 0 aromatic carbocycles. The first kappa shape index (κ1) is 11.8. The van der Waals surface area contributed by atoms with E-state index in [1.54, 1.807) is 29.3 Å². The first-order valence-electron chi connectivity index (χ1n) is 6.15. The second kappa shape index (κ2) is 5.15. The predicted molar refractivity (Wildman–Crippen MR) is 68.8 cm³/mol. The lowest BCUT2D eigenvalue weighted by Gasteiger charge is -2.06. The van der Waals surface area contributed by atoms with E-state index in [1.807, 2.05) is 0 Å². The fourth-order valence-corrected chi connectivity index (χ4v) is 1.65. The molecule has 2 aromatic rings. The molecule has 2 heterocycles. The highest BCUT2D eigenvalue weighted by Gasteiger charge is 2.21. The van der Waals surface area contributed by atoms with Crippen molar-refractivity contribution in [3.05, 3.63) is 31.0 Å². The molecule has 7 nitrogen and oxygen atoms in total. The molecular weight excluding hydrogens is 244 g/mol. The van der Waals surface area contributed by atoms with Crippen LogP contribution in [-0.4, -0.2) is 38.2 Å². The lowest BCUT2D eigenvalue weighted by Crippen LogP contribution is -2.29. The van der Waals surface area contributed by atoms with Crippen LogP contribution in [0.25, 0.3) is 5.82 Å². The molecule has 2 N–H and O–H groups in total. The molecule has 1 fully saturated rings. The molecule has 0 aliphatic heterocycles. The lowest BCUT2D eigenvalue weighted by atomic mass is 10.4. The number of hydrogen-bond acceptors (Lipinski definition) is 5. The Morgan fingerprint density at radius 1 is 1.42 bits per heavy atom. The van der Waals surface area contributed by atoms with Gasteiger partial charge in [-0.15, -0.1) is 0 Å². The molecule has 0 unspecified atom stereocenters. The van der Waals surface area contributed by atoms with Gasteiger partial charge in [0.25, 0.3) is 0 Å². The van der Waals surface area contributed by atoms with Crippen LogP contribution in [0.3, 0.4) is 0 Å². The zero-order valence-corrected chi connectivity index (χ0v) is 10.3. The van der Waals surface area contributed by atoms with Crippen molar-refractivity contribution >= 4 is 11.6 Å². The predicted octanol–water partition coefficient (Wildman–Crippen LogP) is 0.353. The molecule has 1 saturated carbocycles. The van der Waals surface area contributed by atoms with E-state index in [4.69, 9.17) is 0 Å². The van der Waals surface area contributed by atoms with E-state index in [0.717, 1.165) is 0 Å². The van der Waals surface area contributed by atoms with E-state index in [1.165, 1.54) is 19.2 Å². The topological polar surface area (TPSA) is 84.7 Å². The number of amides is 1. The smallest absolute Gasteiger partial charge is 0.238 e. The maximum Gasteiger partial charge on any atom is 0.238 e. The monoisotopic (exact) mass is 258 g/mol. The minimum atomic E-state index is -0.0535. The third-order valence-electron chi connectivity index (χ3n) is 2.81. The average Bonchev–Trinajstić information content (AvgIpc) is 3.10. The number of hydrogen-bond donors (Lipinski definition) is 2. The Morgan fingerprint density at radius 2 is 2.32 bits per heavy atom. The Bertz CT molecular complexity index is 546. The number of rotatable bonds is 5. The van der Waals surface area contributed by atoms with Gasteiger partial charge in [-0.2, -0.15) is 5.10 Å². The molecular formula is C12H14N6O. The van der Waals surface area contributed by atoms with Crippen LogP contribution in [-0.2, 0) is 4.79 Å². The lowest BCUT2D eigenvalue weighted by molar-refractivity contribution is -0.115. The fourth-order valence-electron chi connectivity index (χ4n) is 1.65. The highest BCUT2D eigenvalue weighted by Crippen LogP contribution is 2.18. The number of nitrogens with zero attached hydrogens (tertiary/aromatic N) is 4. The molecule has 3 rings (SSSR count). The van der Waals surface area contributed by atoms with E-state index in [2.05, 4.69) is 25.7 Å². The minimum Gasteiger partial charge on any atom is -0.324 e. The summed E-state index contributed by atoms with van der Waals surface area (Å²) in [5.74, 6) is 0.605. The minimum absolute atomic E-state index is 0.0535. The Balaban J connectivity index is 1.57. The van der Waals surface area contributed by atoms with Crippen LogP contribution in [0.2, 0.25) is 0 Å². The molecule has 0 spiro atoms. The van der Waals surface area contributed by atoms with Crippen molar-refractivity contribution in [3.8, 4) is 5.82 Å². The number of carbonyl (C=O) groups is 1. The Hall–Kier alpha value is -2.28. The van der Waals surface area contributed by atoms with Gasteiger partial charge in [0.05, 0.1) is 18.4 Å². The Morgan fingerprint density at radius 3 is 2.95 bits per heavy atom. The standard InChI is InChI=1S/C12H14N6O/c19-12(6-14-9-1-2-9)17-10-3-4-11(15-5-10)18-8-13-7-16-18/h3-5,7-9,14H,1-2,6H2,(H,17,19). The Labute approximate surface area is 110 Å². The summed E-state index contributed by atoms with van der Waals surface area (Å²) < 4.78 is 1.56. The summed E-state index contributed by atoms with van der Waals surface area (Å²) in [5.41, 5.74) is 0.673. The average molecular weight is 258 g/mol. The van der Waals surface area contributed by atoms with Crippen LogP contribution in [0.5, 0.6) is 0 Å². The number of carbonyl (C=O) groups excluding carboxylic acids is 1. The van der Waals surface area contributed by atoms with Gasteiger partial charge in [-0.1, -0.05) is 0 Å². The Kier molecular flexibility index (Phi) is 3.20. The molecule has 0 radical (unpaired) electrons. The largest absolute Gasteiger partial charge is 0.324 e. The quantitative estimate of drug-likeness (QED) is 0.808. The van der Waals surface area contributed by atoms with E-state index in [0.29, 0.717) is 24.1 Å². The second-order valence-corrected chi connectivity index (χ2v) is 4.45. The fraction of sp³-hybridized carbons (Fsp3) is 0.333. The van der Waals surface area contributed by atoms with Gasteiger partial charge in [-0.05, 0) is 25.0 Å². The van der Waals surface area contributed by atoms with Crippen LogP contribution in [0, 0.1) is 0 Å². The van der Waals surface area contributed by atoms with Gasteiger partial charge in [0, 0.05) is 6.04 Å². The highest BCUT2D eigenvalue weighted by molar-refractivity contribution is 5.92. The molecule has 1 aliphatic rings. The molecule has 0 atom stereocenters. The van der Waals surface area contributed by atoms with Gasteiger partial charge >= 0.3 is 0 Å². The molecule has 1 amide bonds. The maximum atomic E-state index is 11.6. The number of anilines is 1. The van der Waals surface area contributed by atoms with E-state index in [-0.39, 0.29) is 5.91 Å². The van der Waals surface area contributed by atoms with Crippen LogP contribution in [0.1, 0.15) is 12.8 Å². The van der Waals surface area contributed by atoms with Gasteiger partial charge in [0.1, 0.15) is 12.7 Å². The van der Waals surface area contributed by atoms with Crippen LogP contribution in [0.4, 0.5) is 5.69 Å². The van der Waals surface area contributed by atoms with Crippen LogP contribution < -0.4 is 10.6 Å². The molecule has 2 aromatic heterocycles. The number of aromatic nitrogens is 4. The van der Waals surface area contributed by atoms with Gasteiger partial charge in [-0.25, -0.2) is 14.6 Å². The van der Waals surface area contributed by atoms with Gasteiger partial charge in [0.15, 0.2) is 5.82 Å². The van der Waals surface area contributed by atoms with Crippen molar-refractivity contribution in [2.45, 2.75) is 18.9 Å². The van der Waals surface area contributed by atoms with Crippen molar-refractivity contribution in [3.63, 3.8) is 0 Å². The zero-order valence-electron chi connectivity index (χ0n) is 10.3. The van der Waals surface area contributed by atoms with E-state index >= 15 is 0 Å². The van der Waals surface area contributed by atoms with Crippen molar-refractivity contribution < 1.29 is 4.79 Å². The number of pyridine rings is 1. The van der Waals surface area contributed by atoms with E-state index in [9.17, 15) is 4.79 Å². The van der Waals surface area contributed by atoms with Crippen LogP contribution in [0.15, 0.2) is 31.0 Å². The zero-order chi connectivity index (χ0) is 13.1. The van der Waals surface area contributed by atoms with Gasteiger partial charge in [-0.3, -0.25) is 4.79 Å². The van der Waals surface area contributed by atoms with Gasteiger partial charge in [0.2, 0.25) is 5.91 Å². The molecule has 19 heavy (non-hydrogen) atoms. The van der Waals surface area contributed by atoms with Crippen molar-refractivity contribution in [1.82, 2.24) is 25.1 Å². The second-order valence-electron chi connectivity index (χ2n) is 4.45. The SMILES string of the molecule is O=C(CNC1CC1)Nc1ccc(-n2cncn2)nc1. The summed E-state index contributed by atoms with van der Waals surface area (Å²) >= 11 is 0. The molecule has 7 heteroatoms.